The highest BCUT2D eigenvalue weighted by Gasteiger charge is 2.32. The quantitative estimate of drug-likeness (QED) is 0.505. The molecule has 10 nitrogen and oxygen atoms in total. The van der Waals surface area contributed by atoms with Gasteiger partial charge in [0.05, 0.1) is 47.2 Å². The third kappa shape index (κ3) is 5.01. The van der Waals surface area contributed by atoms with Crippen molar-refractivity contribution in [3.8, 4) is 5.69 Å². The summed E-state index contributed by atoms with van der Waals surface area (Å²) in [4.78, 5) is 38.7. The Bertz CT molecular complexity index is 1530. The highest BCUT2D eigenvalue weighted by Crippen LogP contribution is 2.33. The number of hydrogen-bond acceptors (Lipinski definition) is 7. The number of likely N-dealkylation sites (tertiary alicyclic amines) is 1. The van der Waals surface area contributed by atoms with Crippen LogP contribution in [0.5, 0.6) is 0 Å². The Morgan fingerprint density at radius 1 is 1.16 bits per heavy atom. The van der Waals surface area contributed by atoms with Gasteiger partial charge in [0.15, 0.2) is 15.6 Å². The van der Waals surface area contributed by atoms with Crippen LogP contribution in [0.25, 0.3) is 5.69 Å². The number of Topliss-reactive ketones (excluding diaryl/α,β-unsaturated/α-hetero) is 1. The molecule has 1 saturated heterocycles. The molecular weight excluding hydrogens is 501 g/mol. The first-order valence-corrected chi connectivity index (χ1v) is 13.4. The second-order valence-electron chi connectivity index (χ2n) is 9.28. The molecule has 0 radical (unpaired) electrons. The van der Waals surface area contributed by atoms with Crippen LogP contribution < -0.4 is 5.32 Å². The lowest BCUT2D eigenvalue weighted by molar-refractivity contribution is -0.140. The molecule has 1 unspecified atom stereocenters. The molecule has 12 heteroatoms. The minimum absolute atomic E-state index is 0.0124. The Hall–Kier alpha value is -3.93. The maximum Gasteiger partial charge on any atom is 0.253 e. The Labute approximate surface area is 212 Å². The number of aromatic nitrogens is 3. The number of sulfone groups is 1. The highest BCUT2D eigenvalue weighted by molar-refractivity contribution is 7.91. The molecule has 1 aromatic heterocycles. The van der Waals surface area contributed by atoms with Crippen LogP contribution in [-0.4, -0.2) is 58.2 Å². The van der Waals surface area contributed by atoms with Crippen LogP contribution in [0.3, 0.4) is 0 Å². The predicted molar refractivity (Wildman–Crippen MR) is 129 cm³/mol. The molecule has 2 amide bonds. The summed E-state index contributed by atoms with van der Waals surface area (Å²) in [6.45, 7) is 2.01. The second kappa shape index (κ2) is 9.51. The smallest absolute Gasteiger partial charge is 0.253 e. The maximum atomic E-state index is 14.0. The number of benzene rings is 2. The fourth-order valence-corrected chi connectivity index (χ4v) is 6.24. The zero-order valence-corrected chi connectivity index (χ0v) is 20.8. The summed E-state index contributed by atoms with van der Waals surface area (Å²) in [6.07, 6.45) is 2.12. The highest BCUT2D eigenvalue weighted by atomic mass is 32.2. The number of fused-ring (bicyclic) bond motifs is 1. The number of amides is 2. The van der Waals surface area contributed by atoms with E-state index < -0.39 is 27.6 Å². The average molecular weight is 526 g/mol. The number of carbonyl (C=O) groups is 3. The van der Waals surface area contributed by atoms with Gasteiger partial charge in [-0.3, -0.25) is 14.4 Å². The molecule has 5 rings (SSSR count). The molecule has 3 heterocycles. The Kier molecular flexibility index (Phi) is 6.36. The molecule has 3 aromatic rings. The minimum atomic E-state index is -3.56. The van der Waals surface area contributed by atoms with Gasteiger partial charge in [0.2, 0.25) is 5.91 Å². The minimum Gasteiger partial charge on any atom is -0.345 e. The molecule has 2 aliphatic rings. The average Bonchev–Trinajstić information content (AvgIpc) is 3.31. The number of aryl methyl sites for hydroxylation is 1. The topological polar surface area (TPSA) is 131 Å². The standard InChI is InChI=1S/C25H24FN5O5S/c1-15-2-5-19(25(34)27-21-8-9-37(35,36)23-6-3-16(26)11-20(21)23)22(10-15)31-13-17(28-29-31)12-30-14-18(32)4-7-24(30)33/h2-3,5-6,10-11,13,21H,4,7-9,12,14H2,1H3,(H,27,34). The van der Waals surface area contributed by atoms with Gasteiger partial charge < -0.3 is 10.2 Å². The van der Waals surface area contributed by atoms with Crippen LogP contribution in [0.2, 0.25) is 0 Å². The molecule has 1 N–H and O–H groups in total. The van der Waals surface area contributed by atoms with Crippen LogP contribution in [-0.2, 0) is 26.0 Å². The number of hydrogen-bond donors (Lipinski definition) is 1. The van der Waals surface area contributed by atoms with E-state index in [1.807, 2.05) is 6.92 Å². The zero-order valence-electron chi connectivity index (χ0n) is 20.0. The van der Waals surface area contributed by atoms with Crippen LogP contribution in [0, 0.1) is 12.7 Å². The van der Waals surface area contributed by atoms with E-state index in [9.17, 15) is 27.2 Å². The first kappa shape index (κ1) is 24.8. The summed E-state index contributed by atoms with van der Waals surface area (Å²) in [6, 6.07) is 7.91. The van der Waals surface area contributed by atoms with Gasteiger partial charge in [-0.15, -0.1) is 5.10 Å². The fourth-order valence-electron chi connectivity index (χ4n) is 4.64. The lowest BCUT2D eigenvalue weighted by atomic mass is 10.0. The van der Waals surface area contributed by atoms with Crippen molar-refractivity contribution in [3.05, 3.63) is 70.8 Å². The van der Waals surface area contributed by atoms with Gasteiger partial charge >= 0.3 is 0 Å². The van der Waals surface area contributed by atoms with Crippen LogP contribution in [0.4, 0.5) is 4.39 Å². The third-order valence-electron chi connectivity index (χ3n) is 6.54. The number of carbonyl (C=O) groups excluding carboxylic acids is 3. The number of piperidine rings is 1. The Morgan fingerprint density at radius 2 is 1.97 bits per heavy atom. The van der Waals surface area contributed by atoms with Crippen molar-refractivity contribution in [1.82, 2.24) is 25.2 Å². The molecule has 2 aromatic carbocycles. The van der Waals surface area contributed by atoms with Crippen LogP contribution in [0.15, 0.2) is 47.5 Å². The van der Waals surface area contributed by atoms with Gasteiger partial charge in [-0.1, -0.05) is 11.3 Å². The molecule has 0 spiro atoms. The second-order valence-corrected chi connectivity index (χ2v) is 11.4. The summed E-state index contributed by atoms with van der Waals surface area (Å²) >= 11 is 0. The normalized spacial score (nSPS) is 19.0. The van der Waals surface area contributed by atoms with E-state index in [2.05, 4.69) is 15.6 Å². The van der Waals surface area contributed by atoms with Crippen LogP contribution >= 0.6 is 0 Å². The predicted octanol–water partition coefficient (Wildman–Crippen LogP) is 2.05. The van der Waals surface area contributed by atoms with E-state index in [1.54, 1.807) is 24.4 Å². The summed E-state index contributed by atoms with van der Waals surface area (Å²) < 4.78 is 40.3. The summed E-state index contributed by atoms with van der Waals surface area (Å²) in [5, 5.41) is 11.1. The SMILES string of the molecule is Cc1ccc(C(=O)NC2CCS(=O)(=O)c3ccc(F)cc32)c(-n2cc(CN3CC(=O)CCC3=O)nn2)c1. The summed E-state index contributed by atoms with van der Waals surface area (Å²) in [5.74, 6) is -1.38. The van der Waals surface area contributed by atoms with E-state index >= 15 is 0 Å². The molecule has 37 heavy (non-hydrogen) atoms. The fraction of sp³-hybridized carbons (Fsp3) is 0.320. The molecule has 0 aliphatic carbocycles. The van der Waals surface area contributed by atoms with Gasteiger partial charge in [0.1, 0.15) is 11.5 Å². The van der Waals surface area contributed by atoms with Crippen molar-refractivity contribution in [3.63, 3.8) is 0 Å². The van der Waals surface area contributed by atoms with E-state index in [-0.39, 0.29) is 65.8 Å². The van der Waals surface area contributed by atoms with Crippen molar-refractivity contribution in [1.29, 1.82) is 0 Å². The lowest BCUT2D eigenvalue weighted by Gasteiger charge is -2.26. The Morgan fingerprint density at radius 3 is 2.78 bits per heavy atom. The monoisotopic (exact) mass is 525 g/mol. The molecule has 2 aliphatic heterocycles. The summed E-state index contributed by atoms with van der Waals surface area (Å²) in [5.41, 5.74) is 2.23. The number of halogens is 1. The van der Waals surface area contributed by atoms with Crippen molar-refractivity contribution < 1.29 is 27.2 Å². The largest absolute Gasteiger partial charge is 0.345 e. The molecule has 1 atom stereocenters. The van der Waals surface area contributed by atoms with Gasteiger partial charge in [0, 0.05) is 12.8 Å². The first-order valence-electron chi connectivity index (χ1n) is 11.8. The number of nitrogens with zero attached hydrogens (tertiary/aromatic N) is 4. The summed E-state index contributed by atoms with van der Waals surface area (Å²) in [7, 11) is -3.56. The van der Waals surface area contributed by atoms with E-state index in [0.29, 0.717) is 11.4 Å². The van der Waals surface area contributed by atoms with Gasteiger partial charge in [0.25, 0.3) is 5.91 Å². The molecule has 192 valence electrons. The zero-order chi connectivity index (χ0) is 26.3. The molecule has 0 saturated carbocycles. The van der Waals surface area contributed by atoms with Crippen molar-refractivity contribution in [2.24, 2.45) is 0 Å². The molecule has 1 fully saturated rings. The lowest BCUT2D eigenvalue weighted by Crippen LogP contribution is -2.39. The number of ketones is 1. The van der Waals surface area contributed by atoms with Crippen molar-refractivity contribution in [2.75, 3.05) is 12.3 Å². The van der Waals surface area contributed by atoms with Gasteiger partial charge in [-0.05, 0) is 54.8 Å². The van der Waals surface area contributed by atoms with Gasteiger partial charge in [-0.25, -0.2) is 17.5 Å². The van der Waals surface area contributed by atoms with Crippen LogP contribution in [0.1, 0.15) is 52.5 Å². The number of rotatable bonds is 5. The maximum absolute atomic E-state index is 14.0. The third-order valence-corrected chi connectivity index (χ3v) is 8.35. The first-order chi connectivity index (χ1) is 17.6. The molecule has 0 bridgehead atoms. The number of nitrogens with one attached hydrogen (secondary N) is 1. The Balaban J connectivity index is 1.41. The molecular formula is C25H24FN5O5S. The van der Waals surface area contributed by atoms with E-state index in [1.165, 1.54) is 15.6 Å². The van der Waals surface area contributed by atoms with Crippen molar-refractivity contribution >= 4 is 27.4 Å². The van der Waals surface area contributed by atoms with E-state index in [4.69, 9.17) is 0 Å². The van der Waals surface area contributed by atoms with Crippen molar-refractivity contribution in [2.45, 2.75) is 43.7 Å². The van der Waals surface area contributed by atoms with E-state index in [0.717, 1.165) is 17.7 Å². The van der Waals surface area contributed by atoms with Gasteiger partial charge in [-0.2, -0.15) is 0 Å².